The minimum Gasteiger partial charge on any atom is -0.484 e. The van der Waals surface area contributed by atoms with Gasteiger partial charge in [0, 0.05) is 17.3 Å². The highest BCUT2D eigenvalue weighted by Crippen LogP contribution is 2.36. The number of halogens is 3. The maximum atomic E-state index is 13.3. The summed E-state index contributed by atoms with van der Waals surface area (Å²) in [7, 11) is 0. The van der Waals surface area contributed by atoms with Gasteiger partial charge in [-0.2, -0.15) is 18.4 Å². The van der Waals surface area contributed by atoms with Crippen molar-refractivity contribution < 1.29 is 32.8 Å². The van der Waals surface area contributed by atoms with Crippen molar-refractivity contribution in [2.24, 2.45) is 5.16 Å². The highest BCUT2D eigenvalue weighted by atomic mass is 19.4. The number of alkyl halides is 3. The van der Waals surface area contributed by atoms with Gasteiger partial charge < -0.3 is 19.6 Å². The lowest BCUT2D eigenvalue weighted by Gasteiger charge is -2.23. The minimum atomic E-state index is -4.68. The lowest BCUT2D eigenvalue weighted by Crippen LogP contribution is -2.29. The second kappa shape index (κ2) is 9.11. The predicted octanol–water partition coefficient (Wildman–Crippen LogP) is 3.92. The average molecular weight is 450 g/mol. The van der Waals surface area contributed by atoms with E-state index in [0.29, 0.717) is 5.56 Å². The van der Waals surface area contributed by atoms with E-state index in [9.17, 15) is 23.3 Å². The van der Waals surface area contributed by atoms with E-state index in [1.807, 2.05) is 0 Å². The molecule has 1 heterocycles. The smallest absolute Gasteiger partial charge is 0.417 e. The Morgan fingerprint density at radius 2 is 2.16 bits per heavy atom. The number of nitro groups is 1. The average Bonchev–Trinajstić information content (AvgIpc) is 3.12. The summed E-state index contributed by atoms with van der Waals surface area (Å²) >= 11 is 0. The van der Waals surface area contributed by atoms with Crippen LogP contribution in [0.3, 0.4) is 0 Å². The van der Waals surface area contributed by atoms with Gasteiger partial charge in [-0.15, -0.1) is 0 Å². The summed E-state index contributed by atoms with van der Waals surface area (Å²) in [6.07, 6.45) is -4.81. The predicted molar refractivity (Wildman–Crippen MR) is 106 cm³/mol. The number of nitriles is 1. The SMILES string of the molecule is C[C@H]1O[C@H](COc2ccc(/C=N/O)cc2[N+](=O)[O-])CN1c1ccc(C#N)c(C(F)(F)F)c1. The molecule has 0 radical (unpaired) electrons. The maximum Gasteiger partial charge on any atom is 0.417 e. The summed E-state index contributed by atoms with van der Waals surface area (Å²) in [6.45, 7) is 1.74. The number of hydrogen-bond acceptors (Lipinski definition) is 8. The second-order valence-electron chi connectivity index (χ2n) is 6.89. The lowest BCUT2D eigenvalue weighted by molar-refractivity contribution is -0.385. The largest absolute Gasteiger partial charge is 0.484 e. The van der Waals surface area contributed by atoms with Crippen LogP contribution >= 0.6 is 0 Å². The Labute approximate surface area is 180 Å². The van der Waals surface area contributed by atoms with Crippen LogP contribution in [0.1, 0.15) is 23.6 Å². The molecule has 2 aromatic rings. The summed E-state index contributed by atoms with van der Waals surface area (Å²) in [5, 5.41) is 31.6. The summed E-state index contributed by atoms with van der Waals surface area (Å²) in [5.41, 5.74) is -1.33. The third-order valence-corrected chi connectivity index (χ3v) is 4.80. The van der Waals surface area contributed by atoms with Crippen molar-refractivity contribution in [1.29, 1.82) is 5.26 Å². The third-order valence-electron chi connectivity index (χ3n) is 4.80. The molecule has 0 aromatic heterocycles. The van der Waals surface area contributed by atoms with Crippen LogP contribution in [0.25, 0.3) is 0 Å². The summed E-state index contributed by atoms with van der Waals surface area (Å²) in [5.74, 6) is -0.0301. The molecule has 0 saturated carbocycles. The first kappa shape index (κ1) is 22.8. The van der Waals surface area contributed by atoms with Crippen LogP contribution in [0.5, 0.6) is 5.75 Å². The normalized spacial score (nSPS) is 18.7. The van der Waals surface area contributed by atoms with Crippen molar-refractivity contribution >= 4 is 17.6 Å². The summed E-state index contributed by atoms with van der Waals surface area (Å²) in [6, 6.07) is 8.93. The quantitative estimate of drug-likeness (QED) is 0.306. The van der Waals surface area contributed by atoms with E-state index in [2.05, 4.69) is 5.16 Å². The zero-order chi connectivity index (χ0) is 23.5. The van der Waals surface area contributed by atoms with Crippen LogP contribution in [0, 0.1) is 21.4 Å². The third kappa shape index (κ3) is 4.89. The zero-order valence-corrected chi connectivity index (χ0v) is 16.6. The van der Waals surface area contributed by atoms with E-state index in [4.69, 9.17) is 19.9 Å². The van der Waals surface area contributed by atoms with E-state index < -0.39 is 34.6 Å². The van der Waals surface area contributed by atoms with Crippen LogP contribution in [0.2, 0.25) is 0 Å². The Bertz CT molecular complexity index is 1080. The van der Waals surface area contributed by atoms with Gasteiger partial charge in [0.25, 0.3) is 0 Å². The van der Waals surface area contributed by atoms with Gasteiger partial charge in [0.15, 0.2) is 5.75 Å². The first-order valence-electron chi connectivity index (χ1n) is 9.26. The Morgan fingerprint density at radius 1 is 1.41 bits per heavy atom. The first-order chi connectivity index (χ1) is 15.1. The number of anilines is 1. The first-order valence-corrected chi connectivity index (χ1v) is 9.26. The molecule has 9 nitrogen and oxygen atoms in total. The molecule has 1 N–H and O–H groups in total. The monoisotopic (exact) mass is 450 g/mol. The van der Waals surface area contributed by atoms with Crippen molar-refractivity contribution in [1.82, 2.24) is 0 Å². The molecule has 1 aliphatic rings. The van der Waals surface area contributed by atoms with E-state index >= 15 is 0 Å². The molecule has 1 saturated heterocycles. The minimum absolute atomic E-state index is 0.0301. The molecule has 2 aromatic carbocycles. The number of nitro benzene ring substituents is 1. The number of benzene rings is 2. The molecule has 1 aliphatic heterocycles. The summed E-state index contributed by atoms with van der Waals surface area (Å²) < 4.78 is 51.1. The van der Waals surface area contributed by atoms with Crippen molar-refractivity contribution in [3.05, 3.63) is 63.2 Å². The fourth-order valence-corrected chi connectivity index (χ4v) is 3.34. The topological polar surface area (TPSA) is 121 Å². The van der Waals surface area contributed by atoms with Gasteiger partial charge in [-0.3, -0.25) is 10.1 Å². The lowest BCUT2D eigenvalue weighted by atomic mass is 10.1. The number of oxime groups is 1. The Balaban J connectivity index is 1.74. The number of nitrogens with zero attached hydrogens (tertiary/aromatic N) is 4. The zero-order valence-electron chi connectivity index (χ0n) is 16.6. The molecular weight excluding hydrogens is 433 g/mol. The number of hydrogen-bond donors (Lipinski definition) is 1. The Morgan fingerprint density at radius 3 is 2.78 bits per heavy atom. The van der Waals surface area contributed by atoms with Crippen LogP contribution in [0.15, 0.2) is 41.6 Å². The molecule has 3 rings (SSSR count). The van der Waals surface area contributed by atoms with Crippen molar-refractivity contribution in [3.8, 4) is 11.8 Å². The van der Waals surface area contributed by atoms with Gasteiger partial charge in [-0.05, 0) is 37.3 Å². The van der Waals surface area contributed by atoms with E-state index in [1.54, 1.807) is 11.8 Å². The van der Waals surface area contributed by atoms with Gasteiger partial charge in [-0.25, -0.2) is 0 Å². The van der Waals surface area contributed by atoms with Gasteiger partial charge in [0.1, 0.15) is 18.9 Å². The van der Waals surface area contributed by atoms with Crippen LogP contribution < -0.4 is 9.64 Å². The highest BCUT2D eigenvalue weighted by Gasteiger charge is 2.36. The maximum absolute atomic E-state index is 13.3. The van der Waals surface area contributed by atoms with Crippen molar-refractivity contribution in [2.45, 2.75) is 25.4 Å². The molecule has 0 unspecified atom stereocenters. The Hall–Kier alpha value is -3.85. The molecule has 2 atom stereocenters. The van der Waals surface area contributed by atoms with E-state index in [-0.39, 0.29) is 30.3 Å². The van der Waals surface area contributed by atoms with Crippen molar-refractivity contribution in [3.63, 3.8) is 0 Å². The molecule has 168 valence electrons. The van der Waals surface area contributed by atoms with Gasteiger partial charge >= 0.3 is 11.9 Å². The van der Waals surface area contributed by atoms with Gasteiger partial charge in [-0.1, -0.05) is 5.16 Å². The second-order valence-corrected chi connectivity index (χ2v) is 6.89. The van der Waals surface area contributed by atoms with Gasteiger partial charge in [0.05, 0.1) is 34.9 Å². The fraction of sp³-hybridized carbons (Fsp3) is 0.300. The Kier molecular flexibility index (Phi) is 6.50. The molecule has 12 heteroatoms. The number of ether oxygens (including phenoxy) is 2. The standard InChI is InChI=1S/C20H17F3N4O5/c1-12-26(15-4-3-14(8-24)17(7-15)20(21,22)23)10-16(32-12)11-31-19-5-2-13(9-25-28)6-18(19)27(29)30/h2-7,9,12,16,28H,10-11H2,1H3/b25-9+/t12-,16+/m1/s1. The van der Waals surface area contributed by atoms with Crippen molar-refractivity contribution in [2.75, 3.05) is 18.1 Å². The van der Waals surface area contributed by atoms with Crippen LogP contribution in [0.4, 0.5) is 24.5 Å². The van der Waals surface area contributed by atoms with E-state index in [1.165, 1.54) is 30.3 Å². The molecule has 1 fully saturated rings. The van der Waals surface area contributed by atoms with Gasteiger partial charge in [0.2, 0.25) is 0 Å². The molecule has 0 amide bonds. The van der Waals surface area contributed by atoms with Crippen LogP contribution in [-0.2, 0) is 10.9 Å². The fourth-order valence-electron chi connectivity index (χ4n) is 3.34. The summed E-state index contributed by atoms with van der Waals surface area (Å²) in [4.78, 5) is 12.2. The molecule has 0 aliphatic carbocycles. The highest BCUT2D eigenvalue weighted by molar-refractivity contribution is 5.81. The number of rotatable bonds is 6. The molecule has 32 heavy (non-hydrogen) atoms. The molecule has 0 spiro atoms. The van der Waals surface area contributed by atoms with E-state index in [0.717, 1.165) is 18.3 Å². The molecule has 0 bridgehead atoms. The molecular formula is C20H17F3N4O5. The van der Waals surface area contributed by atoms with Crippen LogP contribution in [-0.4, -0.2) is 41.8 Å².